The number of rotatable bonds is 3. The Bertz CT molecular complexity index is 371. The summed E-state index contributed by atoms with van der Waals surface area (Å²) in [5, 5.41) is 10.0. The highest BCUT2D eigenvalue weighted by atomic mass is 16.3. The minimum absolute atomic E-state index is 0.130. The van der Waals surface area contributed by atoms with Crippen LogP contribution in [0.2, 0.25) is 0 Å². The minimum Gasteiger partial charge on any atom is -0.391 e. The van der Waals surface area contributed by atoms with Gasteiger partial charge in [-0.1, -0.05) is 12.8 Å². The molecular weight excluding hydrogens is 216 g/mol. The van der Waals surface area contributed by atoms with Crippen LogP contribution >= 0.6 is 0 Å². The van der Waals surface area contributed by atoms with Gasteiger partial charge in [-0.25, -0.2) is 4.98 Å². The van der Waals surface area contributed by atoms with Gasteiger partial charge in [0, 0.05) is 26.0 Å². The lowest BCUT2D eigenvalue weighted by molar-refractivity contribution is 0.106. The summed E-state index contributed by atoms with van der Waals surface area (Å²) in [6.45, 7) is 0.371. The van der Waals surface area contributed by atoms with Gasteiger partial charge < -0.3 is 15.7 Å². The molecule has 5 heteroatoms. The van der Waals surface area contributed by atoms with E-state index in [2.05, 4.69) is 9.97 Å². The van der Waals surface area contributed by atoms with Gasteiger partial charge >= 0.3 is 0 Å². The number of likely N-dealkylation sites (N-methyl/N-ethyl adjacent to an activating group) is 1. The summed E-state index contributed by atoms with van der Waals surface area (Å²) in [6.07, 6.45) is 7.17. The summed E-state index contributed by atoms with van der Waals surface area (Å²) in [6, 6.07) is 0.130. The molecule has 0 spiro atoms. The van der Waals surface area contributed by atoms with Crippen LogP contribution in [-0.4, -0.2) is 34.3 Å². The summed E-state index contributed by atoms with van der Waals surface area (Å²) in [7, 11) is 1.96. The van der Waals surface area contributed by atoms with Crippen molar-refractivity contribution in [3.05, 3.63) is 18.1 Å². The van der Waals surface area contributed by atoms with Crippen molar-refractivity contribution in [3.63, 3.8) is 0 Å². The van der Waals surface area contributed by atoms with Crippen LogP contribution in [0.5, 0.6) is 0 Å². The van der Waals surface area contributed by atoms with Gasteiger partial charge in [0.1, 0.15) is 0 Å². The zero-order valence-corrected chi connectivity index (χ0v) is 10.2. The van der Waals surface area contributed by atoms with E-state index in [1.807, 2.05) is 11.9 Å². The zero-order chi connectivity index (χ0) is 12.3. The first-order valence-corrected chi connectivity index (χ1v) is 6.15. The Morgan fingerprint density at radius 2 is 2.06 bits per heavy atom. The third-order valence-corrected chi connectivity index (χ3v) is 3.47. The molecule has 1 aliphatic carbocycles. The number of hydrogen-bond acceptors (Lipinski definition) is 5. The fourth-order valence-corrected chi connectivity index (χ4v) is 2.50. The molecule has 17 heavy (non-hydrogen) atoms. The topological polar surface area (TPSA) is 75.3 Å². The van der Waals surface area contributed by atoms with Gasteiger partial charge in [-0.05, 0) is 12.8 Å². The van der Waals surface area contributed by atoms with Crippen LogP contribution < -0.4 is 10.6 Å². The number of aromatic nitrogens is 2. The van der Waals surface area contributed by atoms with Crippen molar-refractivity contribution in [1.29, 1.82) is 0 Å². The molecule has 1 aromatic heterocycles. The van der Waals surface area contributed by atoms with Crippen molar-refractivity contribution in [3.8, 4) is 0 Å². The van der Waals surface area contributed by atoms with E-state index in [1.165, 1.54) is 0 Å². The number of anilines is 1. The van der Waals surface area contributed by atoms with Crippen molar-refractivity contribution in [1.82, 2.24) is 9.97 Å². The second-order valence-corrected chi connectivity index (χ2v) is 4.56. The smallest absolute Gasteiger partial charge is 0.151 e. The lowest BCUT2D eigenvalue weighted by Crippen LogP contribution is -2.44. The second kappa shape index (κ2) is 5.42. The molecule has 1 fully saturated rings. The Labute approximate surface area is 102 Å². The summed E-state index contributed by atoms with van der Waals surface area (Å²) in [5.74, 6) is 0.793. The van der Waals surface area contributed by atoms with Gasteiger partial charge in [0.2, 0.25) is 0 Å². The summed E-state index contributed by atoms with van der Waals surface area (Å²) in [4.78, 5) is 10.6. The molecule has 2 unspecified atom stereocenters. The lowest BCUT2D eigenvalue weighted by atomic mass is 9.91. The van der Waals surface area contributed by atoms with Crippen molar-refractivity contribution in [2.45, 2.75) is 44.4 Å². The molecule has 0 aromatic carbocycles. The molecular formula is C12H20N4O. The number of aliphatic hydroxyl groups is 1. The first kappa shape index (κ1) is 12.3. The third kappa shape index (κ3) is 2.56. The van der Waals surface area contributed by atoms with Gasteiger partial charge in [-0.15, -0.1) is 0 Å². The van der Waals surface area contributed by atoms with E-state index in [0.717, 1.165) is 37.2 Å². The first-order valence-electron chi connectivity index (χ1n) is 6.15. The van der Waals surface area contributed by atoms with Crippen LogP contribution in [0.3, 0.4) is 0 Å². The van der Waals surface area contributed by atoms with Crippen molar-refractivity contribution in [2.24, 2.45) is 5.73 Å². The predicted octanol–water partition coefficient (Wildman–Crippen LogP) is 0.675. The molecule has 0 saturated heterocycles. The van der Waals surface area contributed by atoms with Crippen molar-refractivity contribution >= 4 is 5.82 Å². The number of hydrogen-bond donors (Lipinski definition) is 2. The van der Waals surface area contributed by atoms with E-state index >= 15 is 0 Å². The summed E-state index contributed by atoms with van der Waals surface area (Å²) >= 11 is 0. The summed E-state index contributed by atoms with van der Waals surface area (Å²) < 4.78 is 0. The van der Waals surface area contributed by atoms with E-state index in [1.54, 1.807) is 12.4 Å². The highest BCUT2D eigenvalue weighted by Crippen LogP contribution is 2.26. The largest absolute Gasteiger partial charge is 0.391 e. The maximum Gasteiger partial charge on any atom is 0.151 e. The van der Waals surface area contributed by atoms with Crippen LogP contribution in [0.25, 0.3) is 0 Å². The molecule has 2 rings (SSSR count). The monoisotopic (exact) mass is 236 g/mol. The quantitative estimate of drug-likeness (QED) is 0.807. The van der Waals surface area contributed by atoms with Crippen LogP contribution in [0, 0.1) is 0 Å². The average Bonchev–Trinajstić information content (AvgIpc) is 2.38. The highest BCUT2D eigenvalue weighted by molar-refractivity contribution is 5.43. The molecule has 94 valence electrons. The lowest BCUT2D eigenvalue weighted by Gasteiger charge is -2.36. The van der Waals surface area contributed by atoms with E-state index in [4.69, 9.17) is 5.73 Å². The Morgan fingerprint density at radius 1 is 1.35 bits per heavy atom. The molecule has 0 amide bonds. The molecule has 3 N–H and O–H groups in total. The van der Waals surface area contributed by atoms with E-state index in [-0.39, 0.29) is 12.1 Å². The third-order valence-electron chi connectivity index (χ3n) is 3.47. The predicted molar refractivity (Wildman–Crippen MR) is 66.6 cm³/mol. The molecule has 1 saturated carbocycles. The highest BCUT2D eigenvalue weighted by Gasteiger charge is 2.28. The minimum atomic E-state index is -0.276. The van der Waals surface area contributed by atoms with Gasteiger partial charge in [0.25, 0.3) is 0 Å². The van der Waals surface area contributed by atoms with E-state index in [0.29, 0.717) is 6.54 Å². The Morgan fingerprint density at radius 3 is 2.76 bits per heavy atom. The molecule has 1 aliphatic rings. The first-order chi connectivity index (χ1) is 8.24. The van der Waals surface area contributed by atoms with E-state index in [9.17, 15) is 5.11 Å². The Balaban J connectivity index is 2.20. The molecule has 2 atom stereocenters. The maximum atomic E-state index is 10.0. The zero-order valence-electron chi connectivity index (χ0n) is 10.2. The molecule has 1 aromatic rings. The maximum absolute atomic E-state index is 10.0. The van der Waals surface area contributed by atoms with Gasteiger partial charge in [0.15, 0.2) is 5.82 Å². The molecule has 0 radical (unpaired) electrons. The Kier molecular flexibility index (Phi) is 3.91. The second-order valence-electron chi connectivity index (χ2n) is 4.56. The van der Waals surface area contributed by atoms with Crippen LogP contribution in [0.15, 0.2) is 12.4 Å². The standard InChI is InChI=1S/C12H20N4O/c1-16(10-4-2-3-5-11(10)17)12-9(8-13)14-6-7-15-12/h6-7,10-11,17H,2-5,8,13H2,1H3. The van der Waals surface area contributed by atoms with Gasteiger partial charge in [-0.3, -0.25) is 4.98 Å². The molecule has 5 nitrogen and oxygen atoms in total. The van der Waals surface area contributed by atoms with Crippen molar-refractivity contribution in [2.75, 3.05) is 11.9 Å². The number of aliphatic hydroxyl groups excluding tert-OH is 1. The van der Waals surface area contributed by atoms with Crippen LogP contribution in [0.1, 0.15) is 31.4 Å². The van der Waals surface area contributed by atoms with Gasteiger partial charge in [-0.2, -0.15) is 0 Å². The van der Waals surface area contributed by atoms with Gasteiger partial charge in [0.05, 0.1) is 17.8 Å². The molecule has 0 aliphatic heterocycles. The van der Waals surface area contributed by atoms with Crippen molar-refractivity contribution < 1.29 is 5.11 Å². The SMILES string of the molecule is CN(c1nccnc1CN)C1CCCCC1O. The fraction of sp³-hybridized carbons (Fsp3) is 0.667. The van der Waals surface area contributed by atoms with Crippen LogP contribution in [0.4, 0.5) is 5.82 Å². The molecule has 0 bridgehead atoms. The van der Waals surface area contributed by atoms with Crippen LogP contribution in [-0.2, 0) is 6.54 Å². The van der Waals surface area contributed by atoms with E-state index < -0.39 is 0 Å². The summed E-state index contributed by atoms with van der Waals surface area (Å²) in [5.41, 5.74) is 6.45. The average molecular weight is 236 g/mol. The number of nitrogens with zero attached hydrogens (tertiary/aromatic N) is 3. The fourth-order valence-electron chi connectivity index (χ4n) is 2.50. The normalized spacial score (nSPS) is 24.6. The Hall–Kier alpha value is -1.20. The number of nitrogens with two attached hydrogens (primary N) is 1. The molecule has 1 heterocycles.